The van der Waals surface area contributed by atoms with E-state index in [2.05, 4.69) is 28.2 Å². The second-order valence-corrected chi connectivity index (χ2v) is 4.19. The maximum atomic E-state index is 4.38. The number of rotatable bonds is 2. The van der Waals surface area contributed by atoms with Gasteiger partial charge in [0.25, 0.3) is 0 Å². The Labute approximate surface area is 82.9 Å². The molecule has 0 amide bonds. The number of aromatic nitrogens is 2. The molecule has 2 heterocycles. The van der Waals surface area contributed by atoms with Crippen LogP contribution in [0.25, 0.3) is 0 Å². The van der Waals surface area contributed by atoms with Crippen LogP contribution in [0.4, 0.5) is 0 Å². The zero-order chi connectivity index (χ0) is 9.26. The highest BCUT2D eigenvalue weighted by molar-refractivity contribution is 7.98. The Morgan fingerprint density at radius 1 is 1.69 bits per heavy atom. The SMILES string of the molecule is CSc1ncc(C2CCNC2)n1C. The Balaban J connectivity index is 2.24. The number of thioether (sulfide) groups is 1. The summed E-state index contributed by atoms with van der Waals surface area (Å²) in [7, 11) is 2.10. The Hall–Kier alpha value is -0.480. The zero-order valence-electron chi connectivity index (χ0n) is 8.08. The Kier molecular flexibility index (Phi) is 2.60. The number of hydrogen-bond acceptors (Lipinski definition) is 3. The number of imidazole rings is 1. The molecule has 0 radical (unpaired) electrons. The second kappa shape index (κ2) is 3.72. The summed E-state index contributed by atoms with van der Waals surface area (Å²) in [6.07, 6.45) is 5.33. The molecule has 0 spiro atoms. The van der Waals surface area contributed by atoms with E-state index in [4.69, 9.17) is 0 Å². The van der Waals surface area contributed by atoms with Crippen LogP contribution in [0.1, 0.15) is 18.0 Å². The van der Waals surface area contributed by atoms with E-state index < -0.39 is 0 Å². The van der Waals surface area contributed by atoms with Crippen molar-refractivity contribution in [2.24, 2.45) is 7.05 Å². The highest BCUT2D eigenvalue weighted by Gasteiger charge is 2.20. The molecule has 1 aliphatic heterocycles. The van der Waals surface area contributed by atoms with Crippen LogP contribution in [0.15, 0.2) is 11.4 Å². The summed E-state index contributed by atoms with van der Waals surface area (Å²) < 4.78 is 2.21. The van der Waals surface area contributed by atoms with E-state index in [0.717, 1.165) is 18.2 Å². The van der Waals surface area contributed by atoms with Gasteiger partial charge >= 0.3 is 0 Å². The largest absolute Gasteiger partial charge is 0.326 e. The van der Waals surface area contributed by atoms with E-state index in [1.54, 1.807) is 11.8 Å². The van der Waals surface area contributed by atoms with Gasteiger partial charge in [-0.3, -0.25) is 0 Å². The van der Waals surface area contributed by atoms with E-state index in [9.17, 15) is 0 Å². The number of hydrogen-bond donors (Lipinski definition) is 1. The molecule has 72 valence electrons. The average molecular weight is 197 g/mol. The molecule has 0 bridgehead atoms. The molecule has 0 saturated carbocycles. The fourth-order valence-electron chi connectivity index (χ4n) is 1.88. The van der Waals surface area contributed by atoms with Gasteiger partial charge in [0, 0.05) is 31.4 Å². The molecule has 1 unspecified atom stereocenters. The van der Waals surface area contributed by atoms with Gasteiger partial charge in [0.2, 0.25) is 0 Å². The number of nitrogens with one attached hydrogen (secondary N) is 1. The van der Waals surface area contributed by atoms with Gasteiger partial charge in [-0.05, 0) is 19.2 Å². The Morgan fingerprint density at radius 3 is 3.08 bits per heavy atom. The minimum atomic E-state index is 0.665. The summed E-state index contributed by atoms with van der Waals surface area (Å²) in [6.45, 7) is 2.25. The van der Waals surface area contributed by atoms with Crippen LogP contribution in [0, 0.1) is 0 Å². The van der Waals surface area contributed by atoms with Gasteiger partial charge in [0.15, 0.2) is 5.16 Å². The fourth-order valence-corrected chi connectivity index (χ4v) is 2.42. The summed E-state index contributed by atoms with van der Waals surface area (Å²) in [6, 6.07) is 0. The van der Waals surface area contributed by atoms with Crippen molar-refractivity contribution in [1.82, 2.24) is 14.9 Å². The third kappa shape index (κ3) is 1.60. The first-order valence-corrected chi connectivity index (χ1v) is 5.81. The van der Waals surface area contributed by atoms with E-state index in [1.165, 1.54) is 12.1 Å². The summed E-state index contributed by atoms with van der Waals surface area (Å²) >= 11 is 1.71. The molecular formula is C9H15N3S. The summed E-state index contributed by atoms with van der Waals surface area (Å²) in [5.41, 5.74) is 1.37. The molecule has 1 atom stereocenters. The minimum Gasteiger partial charge on any atom is -0.326 e. The second-order valence-electron chi connectivity index (χ2n) is 3.42. The van der Waals surface area contributed by atoms with Crippen molar-refractivity contribution in [3.8, 4) is 0 Å². The fraction of sp³-hybridized carbons (Fsp3) is 0.667. The number of nitrogens with zero attached hydrogens (tertiary/aromatic N) is 2. The van der Waals surface area contributed by atoms with Crippen molar-refractivity contribution >= 4 is 11.8 Å². The molecular weight excluding hydrogens is 182 g/mol. The van der Waals surface area contributed by atoms with Gasteiger partial charge in [-0.15, -0.1) is 0 Å². The highest BCUT2D eigenvalue weighted by Crippen LogP contribution is 2.24. The molecule has 1 saturated heterocycles. The van der Waals surface area contributed by atoms with Crippen LogP contribution < -0.4 is 5.32 Å². The predicted octanol–water partition coefficient (Wildman–Crippen LogP) is 1.22. The van der Waals surface area contributed by atoms with E-state index in [-0.39, 0.29) is 0 Å². The van der Waals surface area contributed by atoms with Gasteiger partial charge in [0.05, 0.1) is 0 Å². The van der Waals surface area contributed by atoms with E-state index in [0.29, 0.717) is 5.92 Å². The van der Waals surface area contributed by atoms with Crippen molar-refractivity contribution in [1.29, 1.82) is 0 Å². The van der Waals surface area contributed by atoms with Crippen LogP contribution in [-0.2, 0) is 7.05 Å². The highest BCUT2D eigenvalue weighted by atomic mass is 32.2. The summed E-state index contributed by atoms with van der Waals surface area (Å²) in [4.78, 5) is 4.38. The molecule has 1 aliphatic rings. The van der Waals surface area contributed by atoms with Crippen molar-refractivity contribution in [3.05, 3.63) is 11.9 Å². The van der Waals surface area contributed by atoms with Gasteiger partial charge in [-0.2, -0.15) is 0 Å². The van der Waals surface area contributed by atoms with Crippen molar-refractivity contribution in [2.45, 2.75) is 17.5 Å². The van der Waals surface area contributed by atoms with E-state index >= 15 is 0 Å². The van der Waals surface area contributed by atoms with Gasteiger partial charge in [0.1, 0.15) is 0 Å². The maximum Gasteiger partial charge on any atom is 0.167 e. The predicted molar refractivity (Wildman–Crippen MR) is 55.2 cm³/mol. The standard InChI is InChI=1S/C9H15N3S/c1-12-8(6-11-9(12)13-2)7-3-4-10-5-7/h6-7,10H,3-5H2,1-2H3. The Morgan fingerprint density at radius 2 is 2.54 bits per heavy atom. The minimum absolute atomic E-state index is 0.665. The van der Waals surface area contributed by atoms with Crippen LogP contribution >= 0.6 is 11.8 Å². The first kappa shape index (κ1) is 9.09. The lowest BCUT2D eigenvalue weighted by molar-refractivity contribution is 0.655. The topological polar surface area (TPSA) is 29.9 Å². The van der Waals surface area contributed by atoms with Crippen LogP contribution in [-0.4, -0.2) is 28.9 Å². The molecule has 2 rings (SSSR count). The van der Waals surface area contributed by atoms with Crippen LogP contribution in [0.3, 0.4) is 0 Å². The van der Waals surface area contributed by atoms with Crippen molar-refractivity contribution < 1.29 is 0 Å². The van der Waals surface area contributed by atoms with Crippen molar-refractivity contribution in [2.75, 3.05) is 19.3 Å². The summed E-state index contributed by atoms with van der Waals surface area (Å²) in [5, 5.41) is 4.49. The molecule has 13 heavy (non-hydrogen) atoms. The molecule has 1 aromatic rings. The lowest BCUT2D eigenvalue weighted by atomic mass is 10.1. The molecule has 4 heteroatoms. The molecule has 0 aromatic carbocycles. The molecule has 3 nitrogen and oxygen atoms in total. The first-order valence-electron chi connectivity index (χ1n) is 4.59. The third-order valence-electron chi connectivity index (χ3n) is 2.64. The quantitative estimate of drug-likeness (QED) is 0.723. The normalized spacial score (nSPS) is 22.5. The lowest BCUT2D eigenvalue weighted by Gasteiger charge is -2.09. The zero-order valence-corrected chi connectivity index (χ0v) is 8.90. The Bertz CT molecular complexity index is 289. The van der Waals surface area contributed by atoms with E-state index in [1.807, 2.05) is 6.20 Å². The average Bonchev–Trinajstić information content (AvgIpc) is 2.72. The summed E-state index contributed by atoms with van der Waals surface area (Å²) in [5.74, 6) is 0.665. The molecule has 0 aliphatic carbocycles. The molecule has 1 fully saturated rings. The van der Waals surface area contributed by atoms with Crippen LogP contribution in [0.5, 0.6) is 0 Å². The first-order chi connectivity index (χ1) is 6.33. The monoisotopic (exact) mass is 197 g/mol. The third-order valence-corrected chi connectivity index (χ3v) is 3.39. The van der Waals surface area contributed by atoms with Gasteiger partial charge < -0.3 is 9.88 Å². The lowest BCUT2D eigenvalue weighted by Crippen LogP contribution is -2.10. The van der Waals surface area contributed by atoms with Crippen LogP contribution in [0.2, 0.25) is 0 Å². The smallest absolute Gasteiger partial charge is 0.167 e. The van der Waals surface area contributed by atoms with Crippen molar-refractivity contribution in [3.63, 3.8) is 0 Å². The molecule has 1 N–H and O–H groups in total. The molecule has 1 aromatic heterocycles. The van der Waals surface area contributed by atoms with Gasteiger partial charge in [-0.25, -0.2) is 4.98 Å². The maximum absolute atomic E-state index is 4.38. The van der Waals surface area contributed by atoms with Gasteiger partial charge in [-0.1, -0.05) is 11.8 Å².